The lowest BCUT2D eigenvalue weighted by Gasteiger charge is -2.13. The number of esters is 1. The molecular formula is C19H18O5. The highest BCUT2D eigenvalue weighted by atomic mass is 16.7. The van der Waals surface area contributed by atoms with Crippen LogP contribution in [0, 0.1) is 0 Å². The maximum Gasteiger partial charge on any atom is 0.338 e. The molecule has 1 aliphatic heterocycles. The second kappa shape index (κ2) is 6.74. The largest absolute Gasteiger partial charge is 0.454 e. The quantitative estimate of drug-likeness (QED) is 0.622. The standard InChI is InChI=1S/C19H18O5/c1-3-13-4-6-14(7-5-13)18(20)12(2)24-19(21)15-8-9-16-17(10-15)23-11-22-16/h4-10,12H,3,11H2,1-2H3/t12-/m0/s1. The third-order valence-corrected chi connectivity index (χ3v) is 3.91. The molecule has 5 heteroatoms. The van der Waals surface area contributed by atoms with E-state index < -0.39 is 12.1 Å². The van der Waals surface area contributed by atoms with E-state index in [2.05, 4.69) is 0 Å². The summed E-state index contributed by atoms with van der Waals surface area (Å²) in [6.07, 6.45) is 0.0405. The van der Waals surface area contributed by atoms with E-state index in [4.69, 9.17) is 14.2 Å². The fourth-order valence-corrected chi connectivity index (χ4v) is 2.45. The van der Waals surface area contributed by atoms with Gasteiger partial charge in [-0.3, -0.25) is 4.79 Å². The fourth-order valence-electron chi connectivity index (χ4n) is 2.45. The zero-order valence-electron chi connectivity index (χ0n) is 13.6. The van der Waals surface area contributed by atoms with Crippen molar-refractivity contribution in [1.29, 1.82) is 0 Å². The summed E-state index contributed by atoms with van der Waals surface area (Å²) < 4.78 is 15.7. The molecule has 0 aliphatic carbocycles. The number of carbonyl (C=O) groups excluding carboxylic acids is 2. The summed E-state index contributed by atoms with van der Waals surface area (Å²) in [6, 6.07) is 12.1. The Hall–Kier alpha value is -2.82. The number of benzene rings is 2. The molecule has 0 amide bonds. The maximum atomic E-state index is 12.4. The molecule has 1 atom stereocenters. The second-order valence-corrected chi connectivity index (χ2v) is 5.53. The molecule has 0 N–H and O–H groups in total. The van der Waals surface area contributed by atoms with Gasteiger partial charge in [0.05, 0.1) is 5.56 Å². The van der Waals surface area contributed by atoms with E-state index in [0.717, 1.165) is 12.0 Å². The fraction of sp³-hybridized carbons (Fsp3) is 0.263. The summed E-state index contributed by atoms with van der Waals surface area (Å²) in [4.78, 5) is 24.6. The second-order valence-electron chi connectivity index (χ2n) is 5.53. The average molecular weight is 326 g/mol. The molecule has 0 fully saturated rings. The number of aryl methyl sites for hydroxylation is 1. The van der Waals surface area contributed by atoms with Gasteiger partial charge in [-0.1, -0.05) is 31.2 Å². The van der Waals surface area contributed by atoms with Crippen molar-refractivity contribution >= 4 is 11.8 Å². The van der Waals surface area contributed by atoms with E-state index in [9.17, 15) is 9.59 Å². The van der Waals surface area contributed by atoms with Gasteiger partial charge < -0.3 is 14.2 Å². The van der Waals surface area contributed by atoms with E-state index in [1.807, 2.05) is 19.1 Å². The van der Waals surface area contributed by atoms with Crippen molar-refractivity contribution in [2.75, 3.05) is 6.79 Å². The van der Waals surface area contributed by atoms with Gasteiger partial charge in [-0.05, 0) is 37.1 Å². The van der Waals surface area contributed by atoms with Gasteiger partial charge in [-0.2, -0.15) is 0 Å². The molecule has 124 valence electrons. The Bertz CT molecular complexity index is 764. The van der Waals surface area contributed by atoms with Gasteiger partial charge in [0.2, 0.25) is 12.6 Å². The first-order valence-corrected chi connectivity index (χ1v) is 7.82. The van der Waals surface area contributed by atoms with E-state index in [1.165, 1.54) is 0 Å². The lowest BCUT2D eigenvalue weighted by Crippen LogP contribution is -2.24. The molecule has 5 nitrogen and oxygen atoms in total. The lowest BCUT2D eigenvalue weighted by molar-refractivity contribution is 0.0318. The van der Waals surface area contributed by atoms with Crippen LogP contribution in [0.3, 0.4) is 0 Å². The molecule has 0 aromatic heterocycles. The average Bonchev–Trinajstić information content (AvgIpc) is 3.08. The highest BCUT2D eigenvalue weighted by Crippen LogP contribution is 2.32. The third-order valence-electron chi connectivity index (χ3n) is 3.91. The van der Waals surface area contributed by atoms with Crippen LogP contribution in [-0.2, 0) is 11.2 Å². The SMILES string of the molecule is CCc1ccc(C(=O)[C@H](C)OC(=O)c2ccc3c(c2)OCO3)cc1. The number of ketones is 1. The Balaban J connectivity index is 1.67. The number of hydrogen-bond donors (Lipinski definition) is 0. The minimum atomic E-state index is -0.865. The molecule has 1 aliphatic rings. The number of hydrogen-bond acceptors (Lipinski definition) is 5. The smallest absolute Gasteiger partial charge is 0.338 e. The van der Waals surface area contributed by atoms with E-state index in [-0.39, 0.29) is 12.6 Å². The first kappa shape index (κ1) is 16.1. The van der Waals surface area contributed by atoms with Crippen LogP contribution in [0.15, 0.2) is 42.5 Å². The normalized spacial score (nSPS) is 13.4. The van der Waals surface area contributed by atoms with Crippen molar-refractivity contribution in [3.8, 4) is 11.5 Å². The van der Waals surface area contributed by atoms with Crippen molar-refractivity contribution in [3.63, 3.8) is 0 Å². The zero-order valence-corrected chi connectivity index (χ0v) is 13.6. The topological polar surface area (TPSA) is 61.8 Å². The minimum absolute atomic E-state index is 0.135. The third kappa shape index (κ3) is 3.25. The number of Topliss-reactive ketones (excluding diaryl/α,β-unsaturated/α-hetero) is 1. The van der Waals surface area contributed by atoms with Gasteiger partial charge in [0, 0.05) is 5.56 Å². The molecule has 0 bridgehead atoms. The summed E-state index contributed by atoms with van der Waals surface area (Å²) in [6.45, 7) is 3.75. The maximum absolute atomic E-state index is 12.4. The predicted molar refractivity (Wildman–Crippen MR) is 87.6 cm³/mol. The van der Waals surface area contributed by atoms with Crippen LogP contribution in [0.25, 0.3) is 0 Å². The van der Waals surface area contributed by atoms with E-state index in [0.29, 0.717) is 22.6 Å². The highest BCUT2D eigenvalue weighted by molar-refractivity contribution is 6.01. The lowest BCUT2D eigenvalue weighted by atomic mass is 10.0. The first-order valence-electron chi connectivity index (χ1n) is 7.82. The molecule has 0 spiro atoms. The van der Waals surface area contributed by atoms with Crippen molar-refractivity contribution < 1.29 is 23.8 Å². The molecule has 0 radical (unpaired) electrons. The highest BCUT2D eigenvalue weighted by Gasteiger charge is 2.22. The monoisotopic (exact) mass is 326 g/mol. The summed E-state index contributed by atoms with van der Waals surface area (Å²) in [5.74, 6) is 0.288. The van der Waals surface area contributed by atoms with Crippen molar-refractivity contribution in [3.05, 3.63) is 59.2 Å². The summed E-state index contributed by atoms with van der Waals surface area (Å²) >= 11 is 0. The summed E-state index contributed by atoms with van der Waals surface area (Å²) in [7, 11) is 0. The predicted octanol–water partition coefficient (Wildman–Crippen LogP) is 3.41. The van der Waals surface area contributed by atoms with Gasteiger partial charge >= 0.3 is 5.97 Å². The van der Waals surface area contributed by atoms with Crippen molar-refractivity contribution in [2.24, 2.45) is 0 Å². The number of ether oxygens (including phenoxy) is 3. The molecule has 2 aromatic carbocycles. The Kier molecular flexibility index (Phi) is 4.51. The van der Waals surface area contributed by atoms with E-state index in [1.54, 1.807) is 37.3 Å². The molecule has 0 saturated carbocycles. The molecule has 0 unspecified atom stereocenters. The summed E-state index contributed by atoms with van der Waals surface area (Å²) in [5.41, 5.74) is 2.00. The van der Waals surface area contributed by atoms with Crippen molar-refractivity contribution in [1.82, 2.24) is 0 Å². The van der Waals surface area contributed by atoms with Crippen LogP contribution < -0.4 is 9.47 Å². The van der Waals surface area contributed by atoms with Gasteiger partial charge in [-0.15, -0.1) is 0 Å². The van der Waals surface area contributed by atoms with Crippen LogP contribution in [0.4, 0.5) is 0 Å². The van der Waals surface area contributed by atoms with Gasteiger partial charge in [0.1, 0.15) is 0 Å². The van der Waals surface area contributed by atoms with Crippen LogP contribution in [0.2, 0.25) is 0 Å². The molecule has 2 aromatic rings. The first-order chi connectivity index (χ1) is 11.6. The Morgan fingerprint density at radius 3 is 2.42 bits per heavy atom. The minimum Gasteiger partial charge on any atom is -0.454 e. The van der Waals surface area contributed by atoms with E-state index >= 15 is 0 Å². The Morgan fingerprint density at radius 2 is 1.71 bits per heavy atom. The van der Waals surface area contributed by atoms with Crippen LogP contribution in [0.1, 0.15) is 40.1 Å². The van der Waals surface area contributed by atoms with Crippen LogP contribution >= 0.6 is 0 Å². The molecule has 1 heterocycles. The van der Waals surface area contributed by atoms with Gasteiger partial charge in [0.25, 0.3) is 0 Å². The number of fused-ring (bicyclic) bond motifs is 1. The van der Waals surface area contributed by atoms with Crippen molar-refractivity contribution in [2.45, 2.75) is 26.4 Å². The Morgan fingerprint density at radius 1 is 1.04 bits per heavy atom. The Labute approximate surface area is 140 Å². The molecule has 3 rings (SSSR count). The van der Waals surface area contributed by atoms with Gasteiger partial charge in [-0.25, -0.2) is 4.79 Å². The number of carbonyl (C=O) groups is 2. The zero-order chi connectivity index (χ0) is 17.1. The molecular weight excluding hydrogens is 308 g/mol. The van der Waals surface area contributed by atoms with Crippen LogP contribution in [0.5, 0.6) is 11.5 Å². The molecule has 24 heavy (non-hydrogen) atoms. The molecule has 0 saturated heterocycles. The van der Waals surface area contributed by atoms with Crippen LogP contribution in [-0.4, -0.2) is 24.6 Å². The summed E-state index contributed by atoms with van der Waals surface area (Å²) in [5, 5.41) is 0. The van der Waals surface area contributed by atoms with Gasteiger partial charge in [0.15, 0.2) is 17.6 Å². The number of rotatable bonds is 5.